The smallest absolute Gasteiger partial charge is 0.120 e. The van der Waals surface area contributed by atoms with Crippen molar-refractivity contribution in [2.45, 2.75) is 6.10 Å². The molecule has 24 heavy (non-hydrogen) atoms. The monoisotopic (exact) mass is 322 g/mol. The molecule has 5 nitrogen and oxygen atoms in total. The summed E-state index contributed by atoms with van der Waals surface area (Å²) in [5, 5.41) is 10.1. The van der Waals surface area contributed by atoms with Gasteiger partial charge < -0.3 is 14.2 Å². The van der Waals surface area contributed by atoms with Crippen molar-refractivity contribution < 1.29 is 14.2 Å². The fraction of sp³-hybridized carbons (Fsp3) is 0.263. The van der Waals surface area contributed by atoms with Crippen LogP contribution in [0.2, 0.25) is 0 Å². The minimum Gasteiger partial charge on any atom is -0.491 e. The van der Waals surface area contributed by atoms with Crippen molar-refractivity contribution in [1.82, 2.24) is 10.2 Å². The third kappa shape index (κ3) is 3.22. The van der Waals surface area contributed by atoms with E-state index in [1.807, 2.05) is 24.3 Å². The van der Waals surface area contributed by atoms with E-state index in [0.29, 0.717) is 26.4 Å². The van der Waals surface area contributed by atoms with Gasteiger partial charge in [-0.15, -0.1) is 0 Å². The molecule has 1 saturated heterocycles. The molecule has 0 amide bonds. The average Bonchev–Trinajstić information content (AvgIpc) is 2.67. The highest BCUT2D eigenvalue weighted by Gasteiger charge is 2.15. The molecule has 0 N–H and O–H groups in total. The van der Waals surface area contributed by atoms with Crippen LogP contribution >= 0.6 is 0 Å². The highest BCUT2D eigenvalue weighted by Crippen LogP contribution is 2.32. The zero-order valence-corrected chi connectivity index (χ0v) is 13.2. The van der Waals surface area contributed by atoms with Crippen LogP contribution in [0.4, 0.5) is 0 Å². The van der Waals surface area contributed by atoms with Crippen molar-refractivity contribution in [1.29, 1.82) is 0 Å². The Bertz CT molecular complexity index is 817. The first kappa shape index (κ1) is 15.1. The summed E-state index contributed by atoms with van der Waals surface area (Å²) in [5.74, 6) is 0.815. The van der Waals surface area contributed by atoms with Crippen molar-refractivity contribution >= 4 is 10.8 Å². The van der Waals surface area contributed by atoms with Crippen molar-refractivity contribution in [3.63, 3.8) is 0 Å². The van der Waals surface area contributed by atoms with Gasteiger partial charge in [0.1, 0.15) is 18.5 Å². The molecule has 1 unspecified atom stereocenters. The number of rotatable bonds is 4. The molecule has 0 bridgehead atoms. The van der Waals surface area contributed by atoms with E-state index in [2.05, 4.69) is 28.4 Å². The SMILES string of the molecule is c1ccc2c(-c3ccnnc3)cc(OCC3COCCO3)cc2c1. The highest BCUT2D eigenvalue weighted by atomic mass is 16.6. The lowest BCUT2D eigenvalue weighted by atomic mass is 9.99. The number of nitrogens with zero attached hydrogens (tertiary/aromatic N) is 2. The van der Waals surface area contributed by atoms with Crippen molar-refractivity contribution in [3.05, 3.63) is 54.9 Å². The molecule has 122 valence electrons. The van der Waals surface area contributed by atoms with Gasteiger partial charge in [-0.3, -0.25) is 0 Å². The summed E-state index contributed by atoms with van der Waals surface area (Å²) in [6.07, 6.45) is 3.45. The van der Waals surface area contributed by atoms with E-state index in [0.717, 1.165) is 27.6 Å². The first-order valence-electron chi connectivity index (χ1n) is 8.02. The Hall–Kier alpha value is -2.50. The number of ether oxygens (including phenoxy) is 3. The lowest BCUT2D eigenvalue weighted by Crippen LogP contribution is -2.33. The first-order valence-corrected chi connectivity index (χ1v) is 8.02. The maximum absolute atomic E-state index is 5.97. The van der Waals surface area contributed by atoms with E-state index in [-0.39, 0.29) is 6.10 Å². The lowest BCUT2D eigenvalue weighted by Gasteiger charge is -2.23. The molecule has 1 aliphatic heterocycles. The molecule has 1 aromatic heterocycles. The molecular formula is C19H18N2O3. The fourth-order valence-corrected chi connectivity index (χ4v) is 2.88. The van der Waals surface area contributed by atoms with Crippen LogP contribution in [0.15, 0.2) is 54.9 Å². The molecule has 0 radical (unpaired) electrons. The van der Waals surface area contributed by atoms with Crippen LogP contribution in [-0.2, 0) is 9.47 Å². The molecule has 5 heteroatoms. The summed E-state index contributed by atoms with van der Waals surface area (Å²) in [6.45, 7) is 2.34. The zero-order chi connectivity index (χ0) is 16.2. The molecule has 0 saturated carbocycles. The number of hydrogen-bond acceptors (Lipinski definition) is 5. The highest BCUT2D eigenvalue weighted by molar-refractivity contribution is 5.97. The zero-order valence-electron chi connectivity index (χ0n) is 13.2. The van der Waals surface area contributed by atoms with E-state index in [9.17, 15) is 0 Å². The second kappa shape index (κ2) is 6.95. The summed E-state index contributed by atoms with van der Waals surface area (Å²) < 4.78 is 17.0. The predicted molar refractivity (Wildman–Crippen MR) is 91.0 cm³/mol. The normalized spacial score (nSPS) is 17.8. The fourth-order valence-electron chi connectivity index (χ4n) is 2.88. The summed E-state index contributed by atoms with van der Waals surface area (Å²) in [7, 11) is 0. The van der Waals surface area contributed by atoms with Crippen molar-refractivity contribution in [2.24, 2.45) is 0 Å². The van der Waals surface area contributed by atoms with Crippen molar-refractivity contribution in [3.8, 4) is 16.9 Å². The van der Waals surface area contributed by atoms with Crippen LogP contribution in [0.25, 0.3) is 21.9 Å². The van der Waals surface area contributed by atoms with Gasteiger partial charge in [0.25, 0.3) is 0 Å². The number of fused-ring (bicyclic) bond motifs is 1. The maximum Gasteiger partial charge on any atom is 0.120 e. The van der Waals surface area contributed by atoms with Gasteiger partial charge in [0.2, 0.25) is 0 Å². The molecule has 2 heterocycles. The summed E-state index contributed by atoms with van der Waals surface area (Å²) in [6, 6.07) is 14.3. The second-order valence-electron chi connectivity index (χ2n) is 5.70. The van der Waals surface area contributed by atoms with E-state index < -0.39 is 0 Å². The average molecular weight is 322 g/mol. The topological polar surface area (TPSA) is 53.5 Å². The van der Waals surface area contributed by atoms with E-state index in [1.165, 1.54) is 0 Å². The quantitative estimate of drug-likeness (QED) is 0.739. The predicted octanol–water partition coefficient (Wildman–Crippen LogP) is 3.09. The number of benzene rings is 2. The van der Waals surface area contributed by atoms with Crippen molar-refractivity contribution in [2.75, 3.05) is 26.4 Å². The van der Waals surface area contributed by atoms with Crippen LogP contribution in [0, 0.1) is 0 Å². The Morgan fingerprint density at radius 3 is 2.88 bits per heavy atom. The van der Waals surface area contributed by atoms with Crippen LogP contribution in [0.5, 0.6) is 5.75 Å². The van der Waals surface area contributed by atoms with Crippen LogP contribution < -0.4 is 4.74 Å². The first-order chi connectivity index (χ1) is 11.9. The summed E-state index contributed by atoms with van der Waals surface area (Å²) >= 11 is 0. The molecule has 4 rings (SSSR count). The Labute approximate surface area is 140 Å². The third-order valence-electron chi connectivity index (χ3n) is 4.05. The largest absolute Gasteiger partial charge is 0.491 e. The number of hydrogen-bond donors (Lipinski definition) is 0. The molecule has 3 aromatic rings. The minimum absolute atomic E-state index is 0.0173. The maximum atomic E-state index is 5.97. The second-order valence-corrected chi connectivity index (χ2v) is 5.70. The summed E-state index contributed by atoms with van der Waals surface area (Å²) in [4.78, 5) is 0. The van der Waals surface area contributed by atoms with Gasteiger partial charge in [0.05, 0.1) is 32.2 Å². The molecule has 0 spiro atoms. The molecule has 1 aliphatic rings. The van der Waals surface area contributed by atoms with Gasteiger partial charge in [-0.1, -0.05) is 24.3 Å². The molecule has 0 aliphatic carbocycles. The third-order valence-corrected chi connectivity index (χ3v) is 4.05. The molecule has 1 atom stereocenters. The van der Waals surface area contributed by atoms with E-state index in [1.54, 1.807) is 12.4 Å². The Morgan fingerprint density at radius 2 is 2.04 bits per heavy atom. The van der Waals surface area contributed by atoms with Crippen LogP contribution in [0.3, 0.4) is 0 Å². The van der Waals surface area contributed by atoms with E-state index >= 15 is 0 Å². The van der Waals surface area contributed by atoms with Gasteiger partial charge >= 0.3 is 0 Å². The lowest BCUT2D eigenvalue weighted by molar-refractivity contribution is -0.101. The van der Waals surface area contributed by atoms with E-state index in [4.69, 9.17) is 14.2 Å². The Morgan fingerprint density at radius 1 is 1.08 bits per heavy atom. The number of aromatic nitrogens is 2. The summed E-state index contributed by atoms with van der Waals surface area (Å²) in [5.41, 5.74) is 2.10. The Kier molecular flexibility index (Phi) is 4.36. The standard InChI is InChI=1S/C19H18N2O3/c1-2-4-18-14(3-1)9-16(24-13-17-12-22-7-8-23-17)10-19(18)15-5-6-20-21-11-15/h1-6,9-11,17H,7-8,12-13H2. The van der Waals surface area contributed by atoms with Gasteiger partial charge in [0, 0.05) is 5.56 Å². The molecule has 2 aromatic carbocycles. The van der Waals surface area contributed by atoms with Gasteiger partial charge in [-0.2, -0.15) is 10.2 Å². The van der Waals surface area contributed by atoms with Gasteiger partial charge in [-0.25, -0.2) is 0 Å². The molecule has 1 fully saturated rings. The van der Waals surface area contributed by atoms with Gasteiger partial charge in [0.15, 0.2) is 0 Å². The van der Waals surface area contributed by atoms with Gasteiger partial charge in [-0.05, 0) is 34.5 Å². The van der Waals surface area contributed by atoms with Crippen LogP contribution in [-0.4, -0.2) is 42.7 Å². The Balaban J connectivity index is 1.66. The minimum atomic E-state index is -0.0173. The molecular weight excluding hydrogens is 304 g/mol. The van der Waals surface area contributed by atoms with Crippen LogP contribution in [0.1, 0.15) is 0 Å².